The van der Waals surface area contributed by atoms with Crippen LogP contribution in [0.5, 0.6) is 5.75 Å². The highest BCUT2D eigenvalue weighted by molar-refractivity contribution is 7.13. The van der Waals surface area contributed by atoms with Crippen molar-refractivity contribution >= 4 is 28.9 Å². The van der Waals surface area contributed by atoms with Crippen molar-refractivity contribution in [2.45, 2.75) is 13.0 Å². The molecule has 32 heavy (non-hydrogen) atoms. The number of aromatic nitrogens is 4. The number of allylic oxidation sites excluding steroid dienone is 1. The number of carbonyl (C=O) groups excluding carboxylic acids is 1. The molecule has 1 aliphatic heterocycles. The van der Waals surface area contributed by atoms with Crippen LogP contribution in [0.2, 0.25) is 0 Å². The average molecular weight is 445 g/mol. The fourth-order valence-electron chi connectivity index (χ4n) is 3.75. The molecule has 3 aromatic heterocycles. The number of rotatable bonds is 5. The number of nitrogens with one attached hydrogen (secondary N) is 2. The normalized spacial score (nSPS) is 15.1. The average Bonchev–Trinajstić information content (AvgIpc) is 3.49. The van der Waals surface area contributed by atoms with Gasteiger partial charge >= 0.3 is 0 Å². The Morgan fingerprint density at radius 2 is 1.97 bits per heavy atom. The first-order chi connectivity index (χ1) is 15.7. The van der Waals surface area contributed by atoms with Crippen molar-refractivity contribution in [1.29, 1.82) is 0 Å². The van der Waals surface area contributed by atoms with Crippen LogP contribution in [-0.2, 0) is 4.79 Å². The van der Waals surface area contributed by atoms with Gasteiger partial charge in [-0.2, -0.15) is 4.98 Å². The molecule has 4 aromatic rings. The van der Waals surface area contributed by atoms with Crippen molar-refractivity contribution in [1.82, 2.24) is 19.7 Å². The number of hydrogen-bond acceptors (Lipinski definition) is 7. The minimum Gasteiger partial charge on any atom is -0.495 e. The Balaban J connectivity index is 1.59. The number of nitrogens with zero attached hydrogens (tertiary/aromatic N) is 4. The van der Waals surface area contributed by atoms with Crippen LogP contribution in [0.25, 0.3) is 10.7 Å². The first kappa shape index (κ1) is 20.0. The summed E-state index contributed by atoms with van der Waals surface area (Å²) < 4.78 is 7.15. The molecule has 0 radical (unpaired) electrons. The summed E-state index contributed by atoms with van der Waals surface area (Å²) in [6, 6.07) is 14.6. The third-order valence-electron chi connectivity index (χ3n) is 5.22. The molecule has 4 heterocycles. The van der Waals surface area contributed by atoms with Crippen molar-refractivity contribution in [2.75, 3.05) is 17.7 Å². The monoisotopic (exact) mass is 444 g/mol. The van der Waals surface area contributed by atoms with Crippen LogP contribution >= 0.6 is 11.3 Å². The molecule has 160 valence electrons. The maximum Gasteiger partial charge on any atom is 0.255 e. The molecule has 0 aliphatic carbocycles. The number of methoxy groups -OCH3 is 1. The lowest BCUT2D eigenvalue weighted by Gasteiger charge is -2.28. The lowest BCUT2D eigenvalue weighted by atomic mass is 9.96. The lowest BCUT2D eigenvalue weighted by molar-refractivity contribution is -0.113. The van der Waals surface area contributed by atoms with E-state index in [1.165, 1.54) is 0 Å². The number of pyridine rings is 1. The van der Waals surface area contributed by atoms with Gasteiger partial charge in [0.1, 0.15) is 11.8 Å². The molecule has 0 bridgehead atoms. The zero-order chi connectivity index (χ0) is 22.1. The van der Waals surface area contributed by atoms with Gasteiger partial charge in [0.25, 0.3) is 5.91 Å². The minimum absolute atomic E-state index is 0.250. The van der Waals surface area contributed by atoms with E-state index in [4.69, 9.17) is 9.84 Å². The summed E-state index contributed by atoms with van der Waals surface area (Å²) in [5, 5.41) is 13.0. The Morgan fingerprint density at radius 3 is 2.72 bits per heavy atom. The van der Waals surface area contributed by atoms with Crippen molar-refractivity contribution in [2.24, 2.45) is 0 Å². The molecule has 1 atom stereocenters. The summed E-state index contributed by atoms with van der Waals surface area (Å²) in [5.41, 5.74) is 2.72. The third-order valence-corrected chi connectivity index (χ3v) is 6.08. The fraction of sp³-hybridized carbons (Fsp3) is 0.130. The molecule has 1 aliphatic rings. The van der Waals surface area contributed by atoms with E-state index >= 15 is 0 Å². The van der Waals surface area contributed by atoms with E-state index < -0.39 is 6.04 Å². The summed E-state index contributed by atoms with van der Waals surface area (Å²) in [4.78, 5) is 23.3. The second-order valence-corrected chi connectivity index (χ2v) is 8.13. The molecule has 9 heteroatoms. The highest BCUT2D eigenvalue weighted by Gasteiger charge is 2.34. The molecule has 0 unspecified atom stereocenters. The van der Waals surface area contributed by atoms with Crippen molar-refractivity contribution in [3.05, 3.63) is 83.1 Å². The quantitative estimate of drug-likeness (QED) is 0.476. The van der Waals surface area contributed by atoms with Gasteiger partial charge in [-0.15, -0.1) is 16.4 Å². The van der Waals surface area contributed by atoms with Gasteiger partial charge in [-0.05, 0) is 48.2 Å². The van der Waals surface area contributed by atoms with E-state index in [1.807, 2.05) is 48.7 Å². The Morgan fingerprint density at radius 1 is 1.16 bits per heavy atom. The van der Waals surface area contributed by atoms with Gasteiger partial charge in [0.2, 0.25) is 5.95 Å². The predicted octanol–water partition coefficient (Wildman–Crippen LogP) is 4.34. The zero-order valence-corrected chi connectivity index (χ0v) is 18.3. The molecule has 5 rings (SSSR count). The van der Waals surface area contributed by atoms with Gasteiger partial charge in [-0.1, -0.05) is 18.2 Å². The Labute approximate surface area is 188 Å². The van der Waals surface area contributed by atoms with E-state index in [1.54, 1.807) is 47.7 Å². The van der Waals surface area contributed by atoms with Crippen LogP contribution in [0.15, 0.2) is 77.6 Å². The second-order valence-electron chi connectivity index (χ2n) is 7.18. The van der Waals surface area contributed by atoms with Crippen molar-refractivity contribution < 1.29 is 9.53 Å². The smallest absolute Gasteiger partial charge is 0.255 e. The first-order valence-corrected chi connectivity index (χ1v) is 10.9. The van der Waals surface area contributed by atoms with Gasteiger partial charge in [0.15, 0.2) is 5.82 Å². The summed E-state index contributed by atoms with van der Waals surface area (Å²) >= 11 is 1.57. The van der Waals surface area contributed by atoms with Crippen LogP contribution in [-0.4, -0.2) is 32.8 Å². The number of ether oxygens (including phenoxy) is 1. The second kappa shape index (κ2) is 8.27. The molecule has 0 saturated carbocycles. The number of fused-ring (bicyclic) bond motifs is 1. The number of benzene rings is 1. The topological polar surface area (TPSA) is 94.0 Å². The van der Waals surface area contributed by atoms with Gasteiger partial charge < -0.3 is 15.4 Å². The number of carbonyl (C=O) groups is 1. The van der Waals surface area contributed by atoms with E-state index in [0.29, 0.717) is 34.5 Å². The summed E-state index contributed by atoms with van der Waals surface area (Å²) in [7, 11) is 1.57. The molecule has 2 N–H and O–H groups in total. The number of hydrogen-bond donors (Lipinski definition) is 2. The van der Waals surface area contributed by atoms with Crippen molar-refractivity contribution in [3.8, 4) is 16.5 Å². The fourth-order valence-corrected chi connectivity index (χ4v) is 4.40. The van der Waals surface area contributed by atoms with E-state index in [9.17, 15) is 4.79 Å². The van der Waals surface area contributed by atoms with Crippen molar-refractivity contribution in [3.63, 3.8) is 0 Å². The molecule has 1 aromatic carbocycles. The predicted molar refractivity (Wildman–Crippen MR) is 124 cm³/mol. The minimum atomic E-state index is -0.467. The van der Waals surface area contributed by atoms with Crippen LogP contribution < -0.4 is 15.4 Å². The van der Waals surface area contributed by atoms with Crippen LogP contribution in [0.3, 0.4) is 0 Å². The molecule has 0 fully saturated rings. The number of para-hydroxylation sites is 2. The first-order valence-electron chi connectivity index (χ1n) is 9.98. The van der Waals surface area contributed by atoms with Gasteiger partial charge in [-0.25, -0.2) is 4.68 Å². The molecule has 8 nitrogen and oxygen atoms in total. The van der Waals surface area contributed by atoms with Crippen LogP contribution in [0, 0.1) is 0 Å². The molecular weight excluding hydrogens is 424 g/mol. The third kappa shape index (κ3) is 3.52. The van der Waals surface area contributed by atoms with Gasteiger partial charge in [0.05, 0.1) is 23.2 Å². The molecule has 1 amide bonds. The maximum atomic E-state index is 13.5. The highest BCUT2D eigenvalue weighted by atomic mass is 32.1. The van der Waals surface area contributed by atoms with E-state index in [2.05, 4.69) is 20.6 Å². The largest absolute Gasteiger partial charge is 0.495 e. The standard InChI is InChI=1S/C23H20N6O2S/c1-14-19(22(30)26-16-6-3-4-7-17(16)31-2)20(15-9-11-24-12-10-15)29-23(25-14)27-21(28-29)18-8-5-13-32-18/h3-13,20H,1-2H3,(H,26,30)(H,25,27,28)/t20-/m1/s1. The number of amides is 1. The maximum absolute atomic E-state index is 13.5. The molecular formula is C23H20N6O2S. The summed E-state index contributed by atoms with van der Waals surface area (Å²) in [5.74, 6) is 1.53. The highest BCUT2D eigenvalue weighted by Crippen LogP contribution is 2.37. The van der Waals surface area contributed by atoms with E-state index in [-0.39, 0.29) is 5.91 Å². The summed E-state index contributed by atoms with van der Waals surface area (Å²) in [6.45, 7) is 1.87. The van der Waals surface area contributed by atoms with Gasteiger partial charge in [-0.3, -0.25) is 9.78 Å². The number of anilines is 2. The Bertz CT molecular complexity index is 1300. The van der Waals surface area contributed by atoms with Crippen LogP contribution in [0.4, 0.5) is 11.6 Å². The molecule has 0 spiro atoms. The van der Waals surface area contributed by atoms with Crippen LogP contribution in [0.1, 0.15) is 18.5 Å². The van der Waals surface area contributed by atoms with Gasteiger partial charge in [0, 0.05) is 18.1 Å². The summed E-state index contributed by atoms with van der Waals surface area (Å²) in [6.07, 6.45) is 3.42. The Hall–Kier alpha value is -3.98. The Kier molecular flexibility index (Phi) is 5.16. The van der Waals surface area contributed by atoms with E-state index in [0.717, 1.165) is 10.4 Å². The SMILES string of the molecule is COc1ccccc1NC(=O)C1=C(C)Nc2nc(-c3cccs3)nn2[C@@H]1c1ccncc1. The lowest BCUT2D eigenvalue weighted by Crippen LogP contribution is -2.31. The molecule has 0 saturated heterocycles. The zero-order valence-electron chi connectivity index (χ0n) is 17.4. The number of thiophene rings is 1.